The average molecular weight is 461 g/mol. The van der Waals surface area contributed by atoms with E-state index in [1.807, 2.05) is 30.3 Å². The van der Waals surface area contributed by atoms with Crippen molar-refractivity contribution in [2.24, 2.45) is 5.10 Å². The summed E-state index contributed by atoms with van der Waals surface area (Å²) in [4.78, 5) is 15.2. The second-order valence-electron chi connectivity index (χ2n) is 6.99. The zero-order chi connectivity index (χ0) is 23.3. The standard InChI is InChI=1S/C25H20N2O5S/c1-31-23-15-14-18(17-26-27-33(29,30)20-10-3-2-4-11-20)16-24(23)32-25(28)22-13-7-9-19-8-5-6-12-21(19)22/h2-17,27H,1H3/b26-17-. The number of nitrogens with zero attached hydrogens (tertiary/aromatic N) is 1. The molecule has 0 amide bonds. The highest BCUT2D eigenvalue weighted by molar-refractivity contribution is 7.89. The number of ether oxygens (including phenoxy) is 2. The summed E-state index contributed by atoms with van der Waals surface area (Å²) in [5, 5.41) is 5.52. The number of rotatable bonds is 7. The van der Waals surface area contributed by atoms with Gasteiger partial charge in [0.2, 0.25) is 0 Å². The molecule has 166 valence electrons. The molecule has 1 N–H and O–H groups in total. The maximum Gasteiger partial charge on any atom is 0.344 e. The number of carbonyl (C=O) groups is 1. The lowest BCUT2D eigenvalue weighted by Crippen LogP contribution is -2.18. The lowest BCUT2D eigenvalue weighted by atomic mass is 10.0. The zero-order valence-corrected chi connectivity index (χ0v) is 18.5. The Labute approximate surface area is 191 Å². The topological polar surface area (TPSA) is 94.1 Å². The van der Waals surface area contributed by atoms with E-state index in [9.17, 15) is 13.2 Å². The van der Waals surface area contributed by atoms with Crippen molar-refractivity contribution < 1.29 is 22.7 Å². The Morgan fingerprint density at radius 2 is 1.61 bits per heavy atom. The van der Waals surface area contributed by atoms with E-state index in [1.54, 1.807) is 48.5 Å². The van der Waals surface area contributed by atoms with E-state index in [4.69, 9.17) is 9.47 Å². The third-order valence-electron chi connectivity index (χ3n) is 4.84. The highest BCUT2D eigenvalue weighted by atomic mass is 32.2. The molecular weight excluding hydrogens is 440 g/mol. The molecule has 7 nitrogen and oxygen atoms in total. The third-order valence-corrected chi connectivity index (χ3v) is 6.08. The summed E-state index contributed by atoms with van der Waals surface area (Å²) in [6.45, 7) is 0. The zero-order valence-electron chi connectivity index (χ0n) is 17.6. The fraction of sp³-hybridized carbons (Fsp3) is 0.0400. The molecule has 0 aromatic heterocycles. The van der Waals surface area contributed by atoms with Gasteiger partial charge >= 0.3 is 5.97 Å². The Kier molecular flexibility index (Phi) is 6.37. The van der Waals surface area contributed by atoms with E-state index in [1.165, 1.54) is 25.5 Å². The molecular formula is C25H20N2O5S. The van der Waals surface area contributed by atoms with Crippen molar-refractivity contribution >= 4 is 33.0 Å². The summed E-state index contributed by atoms with van der Waals surface area (Å²) in [5.41, 5.74) is 0.928. The number of sulfonamides is 1. The SMILES string of the molecule is COc1ccc(/C=N\NS(=O)(=O)c2ccccc2)cc1OC(=O)c1cccc2ccccc12. The molecule has 0 saturated carbocycles. The van der Waals surface area contributed by atoms with Crippen LogP contribution in [0.15, 0.2) is 101 Å². The van der Waals surface area contributed by atoms with E-state index >= 15 is 0 Å². The Bertz CT molecular complexity index is 1430. The number of fused-ring (bicyclic) bond motifs is 1. The minimum absolute atomic E-state index is 0.0987. The van der Waals surface area contributed by atoms with Gasteiger partial charge < -0.3 is 9.47 Å². The molecule has 0 radical (unpaired) electrons. The Morgan fingerprint density at radius 1 is 0.879 bits per heavy atom. The van der Waals surface area contributed by atoms with Gasteiger partial charge in [-0.3, -0.25) is 0 Å². The number of nitrogens with one attached hydrogen (secondary N) is 1. The van der Waals surface area contributed by atoms with Crippen LogP contribution in [0.4, 0.5) is 0 Å². The quantitative estimate of drug-likeness (QED) is 0.191. The predicted molar refractivity (Wildman–Crippen MR) is 126 cm³/mol. The van der Waals surface area contributed by atoms with Gasteiger partial charge in [-0.2, -0.15) is 13.5 Å². The van der Waals surface area contributed by atoms with Gasteiger partial charge in [-0.05, 0) is 52.7 Å². The van der Waals surface area contributed by atoms with E-state index in [0.717, 1.165) is 10.8 Å². The number of hydrogen-bond donors (Lipinski definition) is 1. The van der Waals surface area contributed by atoms with E-state index in [-0.39, 0.29) is 10.6 Å². The molecule has 0 bridgehead atoms. The molecule has 0 heterocycles. The summed E-state index contributed by atoms with van der Waals surface area (Å²) in [5.74, 6) is -0.000118. The van der Waals surface area contributed by atoms with Crippen molar-refractivity contribution in [2.45, 2.75) is 4.90 Å². The summed E-state index contributed by atoms with van der Waals surface area (Å²) in [6, 6.07) is 25.6. The van der Waals surface area contributed by atoms with Gasteiger partial charge in [0.05, 0.1) is 23.8 Å². The fourth-order valence-electron chi connectivity index (χ4n) is 3.23. The Hall–Kier alpha value is -4.17. The van der Waals surface area contributed by atoms with Gasteiger partial charge in [0.15, 0.2) is 11.5 Å². The van der Waals surface area contributed by atoms with Crippen LogP contribution in [0, 0.1) is 0 Å². The van der Waals surface area contributed by atoms with Crippen LogP contribution < -0.4 is 14.3 Å². The van der Waals surface area contributed by atoms with Crippen molar-refractivity contribution in [3.8, 4) is 11.5 Å². The number of hydrogen-bond acceptors (Lipinski definition) is 6. The van der Waals surface area contributed by atoms with Gasteiger partial charge in [0.25, 0.3) is 10.0 Å². The summed E-state index contributed by atoms with van der Waals surface area (Å²) >= 11 is 0. The largest absolute Gasteiger partial charge is 0.493 e. The molecule has 4 aromatic rings. The maximum atomic E-state index is 12.9. The molecule has 0 spiro atoms. The molecule has 0 atom stereocenters. The number of carbonyl (C=O) groups excluding carboxylic acids is 1. The first-order valence-electron chi connectivity index (χ1n) is 9.96. The first-order valence-corrected chi connectivity index (χ1v) is 11.4. The van der Waals surface area contributed by atoms with E-state index < -0.39 is 16.0 Å². The molecule has 8 heteroatoms. The second-order valence-corrected chi connectivity index (χ2v) is 8.65. The van der Waals surface area contributed by atoms with Crippen LogP contribution in [-0.4, -0.2) is 27.7 Å². The summed E-state index contributed by atoms with van der Waals surface area (Å²) in [7, 11) is -2.32. The van der Waals surface area contributed by atoms with E-state index in [0.29, 0.717) is 16.9 Å². The van der Waals surface area contributed by atoms with Crippen molar-refractivity contribution in [1.29, 1.82) is 0 Å². The third kappa shape index (κ3) is 5.02. The first-order chi connectivity index (χ1) is 16.0. The van der Waals surface area contributed by atoms with Crippen LogP contribution in [0.2, 0.25) is 0 Å². The summed E-state index contributed by atoms with van der Waals surface area (Å²) in [6.07, 6.45) is 1.31. The van der Waals surface area contributed by atoms with Crippen LogP contribution in [-0.2, 0) is 10.0 Å². The molecule has 0 saturated heterocycles. The van der Waals surface area contributed by atoms with Crippen LogP contribution in [0.25, 0.3) is 10.8 Å². The number of esters is 1. The summed E-state index contributed by atoms with van der Waals surface area (Å²) < 4.78 is 35.5. The van der Waals surface area contributed by atoms with Gasteiger partial charge in [-0.25, -0.2) is 9.63 Å². The fourth-order valence-corrected chi connectivity index (χ4v) is 4.05. The van der Waals surface area contributed by atoms with Gasteiger partial charge in [-0.1, -0.05) is 54.6 Å². The second kappa shape index (κ2) is 9.54. The normalized spacial score (nSPS) is 11.4. The molecule has 33 heavy (non-hydrogen) atoms. The number of benzene rings is 4. The molecule has 4 aromatic carbocycles. The Balaban J connectivity index is 1.56. The van der Waals surface area contributed by atoms with Crippen LogP contribution in [0.1, 0.15) is 15.9 Å². The highest BCUT2D eigenvalue weighted by Crippen LogP contribution is 2.29. The van der Waals surface area contributed by atoms with E-state index in [2.05, 4.69) is 9.93 Å². The van der Waals surface area contributed by atoms with Gasteiger partial charge in [-0.15, -0.1) is 0 Å². The van der Waals surface area contributed by atoms with Crippen LogP contribution in [0.5, 0.6) is 11.5 Å². The molecule has 0 unspecified atom stereocenters. The molecule has 0 aliphatic heterocycles. The molecule has 0 aliphatic carbocycles. The lowest BCUT2D eigenvalue weighted by Gasteiger charge is -2.11. The number of hydrazone groups is 1. The Morgan fingerprint density at radius 3 is 2.39 bits per heavy atom. The molecule has 4 rings (SSSR count). The van der Waals surface area contributed by atoms with Crippen molar-refractivity contribution in [1.82, 2.24) is 4.83 Å². The van der Waals surface area contributed by atoms with Gasteiger partial charge in [0, 0.05) is 0 Å². The smallest absolute Gasteiger partial charge is 0.344 e. The molecule has 0 aliphatic rings. The number of methoxy groups -OCH3 is 1. The van der Waals surface area contributed by atoms with Crippen LogP contribution >= 0.6 is 0 Å². The van der Waals surface area contributed by atoms with Gasteiger partial charge in [0.1, 0.15) is 0 Å². The monoisotopic (exact) mass is 460 g/mol. The highest BCUT2D eigenvalue weighted by Gasteiger charge is 2.16. The van der Waals surface area contributed by atoms with Crippen molar-refractivity contribution in [3.05, 3.63) is 102 Å². The lowest BCUT2D eigenvalue weighted by molar-refractivity contribution is 0.0732. The minimum Gasteiger partial charge on any atom is -0.493 e. The van der Waals surface area contributed by atoms with Crippen molar-refractivity contribution in [2.75, 3.05) is 7.11 Å². The van der Waals surface area contributed by atoms with Crippen LogP contribution in [0.3, 0.4) is 0 Å². The average Bonchev–Trinajstić information content (AvgIpc) is 2.84. The minimum atomic E-state index is -3.79. The first kappa shape index (κ1) is 22.0. The maximum absolute atomic E-state index is 12.9. The molecule has 0 fully saturated rings. The van der Waals surface area contributed by atoms with Crippen molar-refractivity contribution in [3.63, 3.8) is 0 Å². The predicted octanol–water partition coefficient (Wildman–Crippen LogP) is 4.38.